The fourth-order valence-electron chi connectivity index (χ4n) is 1.63. The fourth-order valence-corrected chi connectivity index (χ4v) is 2.83. The summed E-state index contributed by atoms with van der Waals surface area (Å²) in [6.07, 6.45) is 0. The standard InChI is InChI=1S/C10H27N3Si/c1-6-11-9(4)10(5,12-7-2)13-14-8-3/h9,11-13H,6-8,14H2,1-5H3. The predicted octanol–water partition coefficient (Wildman–Crippen LogP) is 0.422. The van der Waals surface area contributed by atoms with Gasteiger partial charge in [-0.1, -0.05) is 26.8 Å². The SMILES string of the molecule is CCNC(C)C(C)(NCC)N[SiH2]CC. The van der Waals surface area contributed by atoms with E-state index in [0.717, 1.165) is 13.1 Å². The molecule has 86 valence electrons. The zero-order valence-corrected chi connectivity index (χ0v) is 11.8. The fraction of sp³-hybridized carbons (Fsp3) is 1.00. The monoisotopic (exact) mass is 217 g/mol. The van der Waals surface area contributed by atoms with Gasteiger partial charge in [-0.25, -0.2) is 0 Å². The van der Waals surface area contributed by atoms with Crippen molar-refractivity contribution < 1.29 is 0 Å². The molecular weight excluding hydrogens is 190 g/mol. The molecule has 2 unspecified atom stereocenters. The molecule has 0 saturated carbocycles. The van der Waals surface area contributed by atoms with Gasteiger partial charge in [0, 0.05) is 6.04 Å². The summed E-state index contributed by atoms with van der Waals surface area (Å²) in [6.45, 7) is 13.1. The highest BCUT2D eigenvalue weighted by atomic mass is 28.2. The molecule has 0 spiro atoms. The summed E-state index contributed by atoms with van der Waals surface area (Å²) in [6, 6.07) is 1.77. The van der Waals surface area contributed by atoms with Gasteiger partial charge in [-0.15, -0.1) is 0 Å². The smallest absolute Gasteiger partial charge is 0.0935 e. The van der Waals surface area contributed by atoms with E-state index in [9.17, 15) is 0 Å². The minimum atomic E-state index is -0.115. The number of likely N-dealkylation sites (N-methyl/N-ethyl adjacent to an activating group) is 2. The van der Waals surface area contributed by atoms with Crippen molar-refractivity contribution in [2.24, 2.45) is 0 Å². The van der Waals surface area contributed by atoms with Gasteiger partial charge in [0.25, 0.3) is 0 Å². The van der Waals surface area contributed by atoms with Crippen molar-refractivity contribution in [1.29, 1.82) is 0 Å². The van der Waals surface area contributed by atoms with Gasteiger partial charge in [0.2, 0.25) is 0 Å². The summed E-state index contributed by atoms with van der Waals surface area (Å²) >= 11 is 0. The first kappa shape index (κ1) is 14.1. The minimum absolute atomic E-state index is 0.0625. The molecule has 3 nitrogen and oxygen atoms in total. The Labute approximate surface area is 91.3 Å². The van der Waals surface area contributed by atoms with Crippen LogP contribution in [0.5, 0.6) is 0 Å². The van der Waals surface area contributed by atoms with Crippen LogP contribution >= 0.6 is 0 Å². The van der Waals surface area contributed by atoms with E-state index in [-0.39, 0.29) is 15.3 Å². The maximum absolute atomic E-state index is 3.70. The third-order valence-corrected chi connectivity index (χ3v) is 4.15. The van der Waals surface area contributed by atoms with Crippen LogP contribution in [0, 0.1) is 0 Å². The number of nitrogens with one attached hydrogen (secondary N) is 3. The van der Waals surface area contributed by atoms with Crippen LogP contribution in [0.2, 0.25) is 6.04 Å². The second-order valence-corrected chi connectivity index (χ2v) is 5.79. The molecule has 14 heavy (non-hydrogen) atoms. The van der Waals surface area contributed by atoms with E-state index in [2.05, 4.69) is 50.2 Å². The van der Waals surface area contributed by atoms with Crippen LogP contribution in [0.4, 0.5) is 0 Å². The molecule has 0 aliphatic carbocycles. The van der Waals surface area contributed by atoms with Crippen molar-refractivity contribution in [3.05, 3.63) is 0 Å². The summed E-state index contributed by atoms with van der Waals surface area (Å²) in [5.41, 5.74) is 0.0625. The highest BCUT2D eigenvalue weighted by molar-refractivity contribution is 6.32. The molecule has 0 aromatic carbocycles. The summed E-state index contributed by atoms with van der Waals surface area (Å²) in [5, 5.41) is 7.02. The van der Waals surface area contributed by atoms with Gasteiger partial charge in [0.1, 0.15) is 0 Å². The average Bonchev–Trinajstić information content (AvgIpc) is 2.15. The molecule has 2 atom stereocenters. The lowest BCUT2D eigenvalue weighted by atomic mass is 10.1. The minimum Gasteiger partial charge on any atom is -0.325 e. The van der Waals surface area contributed by atoms with E-state index >= 15 is 0 Å². The third kappa shape index (κ3) is 4.55. The van der Waals surface area contributed by atoms with Crippen molar-refractivity contribution in [3.63, 3.8) is 0 Å². The van der Waals surface area contributed by atoms with E-state index in [1.54, 1.807) is 0 Å². The van der Waals surface area contributed by atoms with Gasteiger partial charge < -0.3 is 10.3 Å². The molecule has 0 aliphatic rings. The predicted molar refractivity (Wildman–Crippen MR) is 67.4 cm³/mol. The van der Waals surface area contributed by atoms with Crippen molar-refractivity contribution in [3.8, 4) is 0 Å². The Balaban J connectivity index is 4.19. The molecule has 0 aromatic heterocycles. The van der Waals surface area contributed by atoms with Crippen molar-refractivity contribution >= 4 is 9.68 Å². The molecule has 0 bridgehead atoms. The van der Waals surface area contributed by atoms with E-state index in [4.69, 9.17) is 0 Å². The van der Waals surface area contributed by atoms with Gasteiger partial charge in [-0.3, -0.25) is 5.32 Å². The summed E-state index contributed by atoms with van der Waals surface area (Å²) < 4.78 is 0. The van der Waals surface area contributed by atoms with Crippen molar-refractivity contribution in [2.45, 2.75) is 52.4 Å². The first-order valence-electron chi connectivity index (χ1n) is 5.84. The largest absolute Gasteiger partial charge is 0.325 e. The summed E-state index contributed by atoms with van der Waals surface area (Å²) in [7, 11) is -0.115. The quantitative estimate of drug-likeness (QED) is 0.407. The molecule has 0 aromatic rings. The highest BCUT2D eigenvalue weighted by Gasteiger charge is 2.27. The van der Waals surface area contributed by atoms with Crippen LogP contribution in [0.3, 0.4) is 0 Å². The van der Waals surface area contributed by atoms with Crippen LogP contribution in [0.25, 0.3) is 0 Å². The molecule has 0 amide bonds. The number of rotatable bonds is 8. The van der Waals surface area contributed by atoms with E-state index in [1.165, 1.54) is 6.04 Å². The van der Waals surface area contributed by atoms with Crippen LogP contribution in [-0.4, -0.2) is 34.5 Å². The molecule has 4 heteroatoms. The Morgan fingerprint density at radius 3 is 2.29 bits per heavy atom. The maximum atomic E-state index is 3.70. The second kappa shape index (κ2) is 7.40. The lowest BCUT2D eigenvalue weighted by molar-refractivity contribution is 0.256. The maximum Gasteiger partial charge on any atom is 0.0935 e. The van der Waals surface area contributed by atoms with Crippen LogP contribution in [0.1, 0.15) is 34.6 Å². The molecule has 0 saturated heterocycles. The Morgan fingerprint density at radius 2 is 1.86 bits per heavy atom. The zero-order valence-electron chi connectivity index (χ0n) is 10.4. The van der Waals surface area contributed by atoms with Crippen LogP contribution in [-0.2, 0) is 0 Å². The molecule has 0 fully saturated rings. The van der Waals surface area contributed by atoms with Gasteiger partial charge in [-0.05, 0) is 26.9 Å². The van der Waals surface area contributed by atoms with Crippen LogP contribution < -0.4 is 15.6 Å². The van der Waals surface area contributed by atoms with E-state index < -0.39 is 0 Å². The Hall–Kier alpha value is 0.0969. The highest BCUT2D eigenvalue weighted by Crippen LogP contribution is 2.05. The average molecular weight is 217 g/mol. The van der Waals surface area contributed by atoms with Crippen LogP contribution in [0.15, 0.2) is 0 Å². The molecule has 0 radical (unpaired) electrons. The lowest BCUT2D eigenvalue weighted by Gasteiger charge is -2.38. The van der Waals surface area contributed by atoms with Crippen molar-refractivity contribution in [2.75, 3.05) is 13.1 Å². The Morgan fingerprint density at radius 1 is 1.21 bits per heavy atom. The molecule has 0 aliphatic heterocycles. The van der Waals surface area contributed by atoms with Gasteiger partial charge in [-0.2, -0.15) is 0 Å². The molecule has 0 heterocycles. The Kier molecular flexibility index (Phi) is 7.45. The Bertz CT molecular complexity index is 143. The van der Waals surface area contributed by atoms with Crippen molar-refractivity contribution in [1.82, 2.24) is 15.6 Å². The zero-order chi connectivity index (χ0) is 11.0. The normalized spacial score (nSPS) is 18.6. The molecular formula is C10H27N3Si. The number of hydrogen-bond donors (Lipinski definition) is 3. The second-order valence-electron chi connectivity index (χ2n) is 3.94. The number of hydrogen-bond acceptors (Lipinski definition) is 3. The molecule has 0 rings (SSSR count). The first-order valence-corrected chi connectivity index (χ1v) is 7.54. The van der Waals surface area contributed by atoms with Gasteiger partial charge >= 0.3 is 0 Å². The first-order chi connectivity index (χ1) is 6.60. The summed E-state index contributed by atoms with van der Waals surface area (Å²) in [4.78, 5) is 3.70. The van der Waals surface area contributed by atoms with E-state index in [1.807, 2.05) is 0 Å². The summed E-state index contributed by atoms with van der Waals surface area (Å²) in [5.74, 6) is 0. The lowest BCUT2D eigenvalue weighted by Crippen LogP contribution is -2.66. The molecule has 3 N–H and O–H groups in total. The van der Waals surface area contributed by atoms with E-state index in [0.29, 0.717) is 6.04 Å². The van der Waals surface area contributed by atoms with Gasteiger partial charge in [0.15, 0.2) is 0 Å². The third-order valence-electron chi connectivity index (χ3n) is 2.66. The van der Waals surface area contributed by atoms with Gasteiger partial charge in [0.05, 0.1) is 15.3 Å². The topological polar surface area (TPSA) is 36.1 Å².